The van der Waals surface area contributed by atoms with Gasteiger partial charge in [-0.15, -0.1) is 0 Å². The summed E-state index contributed by atoms with van der Waals surface area (Å²) in [6.45, 7) is 3.81. The van der Waals surface area contributed by atoms with Gasteiger partial charge < -0.3 is 24.3 Å². The number of benzene rings is 2. The molecule has 3 heterocycles. The van der Waals surface area contributed by atoms with E-state index in [2.05, 4.69) is 36.1 Å². The molecule has 7 nitrogen and oxygen atoms in total. The number of hydrogen-bond acceptors (Lipinski definition) is 6. The third kappa shape index (κ3) is 3.53. The highest BCUT2D eigenvalue weighted by Crippen LogP contribution is 2.66. The Morgan fingerprint density at radius 3 is 2.80 bits per heavy atom. The van der Waals surface area contributed by atoms with E-state index in [0.29, 0.717) is 25.0 Å². The zero-order valence-corrected chi connectivity index (χ0v) is 23.0. The van der Waals surface area contributed by atoms with E-state index in [1.807, 2.05) is 19.2 Å². The van der Waals surface area contributed by atoms with Gasteiger partial charge in [0, 0.05) is 36.8 Å². The Morgan fingerprint density at radius 2 is 2.02 bits per heavy atom. The summed E-state index contributed by atoms with van der Waals surface area (Å²) < 4.78 is 11.8. The van der Waals surface area contributed by atoms with Crippen molar-refractivity contribution in [3.8, 4) is 11.5 Å². The zero-order valence-electron chi connectivity index (χ0n) is 23.0. The molecule has 0 unspecified atom stereocenters. The molecule has 2 aromatic carbocycles. The van der Waals surface area contributed by atoms with Crippen LogP contribution in [-0.4, -0.2) is 69.8 Å². The van der Waals surface area contributed by atoms with Gasteiger partial charge >= 0.3 is 0 Å². The number of ether oxygens (including phenoxy) is 1. The number of aliphatic hydroxyl groups is 1. The largest absolute Gasteiger partial charge is 0.504 e. The summed E-state index contributed by atoms with van der Waals surface area (Å²) in [5.41, 5.74) is 2.49. The molecule has 2 aliphatic heterocycles. The highest BCUT2D eigenvalue weighted by Gasteiger charge is 2.74. The van der Waals surface area contributed by atoms with Gasteiger partial charge in [0.1, 0.15) is 6.10 Å². The normalized spacial score (nSPS) is 32.1. The molecule has 1 saturated heterocycles. The van der Waals surface area contributed by atoms with Crippen LogP contribution >= 0.6 is 0 Å². The summed E-state index contributed by atoms with van der Waals surface area (Å²) in [5, 5.41) is 23.8. The van der Waals surface area contributed by atoms with Crippen LogP contribution in [0.25, 0.3) is 6.08 Å². The fraction of sp³-hybridized carbons (Fsp3) is 0.424. The maximum absolute atomic E-state index is 13.4. The number of phenolic OH excluding ortho intramolecular Hbond substituents is 1. The van der Waals surface area contributed by atoms with E-state index in [-0.39, 0.29) is 29.7 Å². The SMILES string of the molecule is C[C@H]1C[C@@]2(O)[C@H]3Cc4ccc(O)c5c4[C@@]2(CCN3CCc2ccccc2)[C@@H](O5)[C@H]1N(C)C(=O)/C=C/c1ccoc1. The average molecular weight is 541 g/mol. The lowest BCUT2D eigenvalue weighted by molar-refractivity contribution is -0.211. The number of carbonyl (C=O) groups is 1. The number of amides is 1. The molecule has 3 aromatic rings. The molecule has 7 rings (SSSR count). The van der Waals surface area contributed by atoms with Crippen LogP contribution in [0.4, 0.5) is 0 Å². The standard InChI is InChI=1S/C33H36N2O5/c1-21-19-33(38)26-18-24-9-10-25(36)30-28(24)32(33,14-16-35(26)15-12-22-6-4-3-5-7-22)31(40-30)29(21)34(2)27(37)11-8-23-13-17-39-20-23/h3-11,13,17,20-21,26,29,31,36,38H,12,14-16,18-19H2,1-2H3/b11-8+/t21-,26+,29-,31-,32-,33+/m0/s1. The van der Waals surface area contributed by atoms with Crippen molar-refractivity contribution in [2.24, 2.45) is 5.92 Å². The van der Waals surface area contributed by atoms with E-state index in [9.17, 15) is 15.0 Å². The van der Waals surface area contributed by atoms with Crippen molar-refractivity contribution in [2.75, 3.05) is 20.1 Å². The third-order valence-corrected chi connectivity index (χ3v) is 10.2. The van der Waals surface area contributed by atoms with Gasteiger partial charge in [0.25, 0.3) is 0 Å². The molecule has 1 aromatic heterocycles. The molecule has 7 heteroatoms. The van der Waals surface area contributed by atoms with Crippen molar-refractivity contribution in [1.29, 1.82) is 0 Å². The second kappa shape index (κ2) is 9.25. The first kappa shape index (κ1) is 25.4. The van der Waals surface area contributed by atoms with Crippen molar-refractivity contribution < 1.29 is 24.2 Å². The summed E-state index contributed by atoms with van der Waals surface area (Å²) >= 11 is 0. The molecule has 208 valence electrons. The van der Waals surface area contributed by atoms with E-state index in [4.69, 9.17) is 9.15 Å². The average Bonchev–Trinajstić information content (AvgIpc) is 3.58. The van der Waals surface area contributed by atoms with Crippen molar-refractivity contribution in [3.05, 3.63) is 89.4 Å². The first-order valence-electron chi connectivity index (χ1n) is 14.3. The van der Waals surface area contributed by atoms with E-state index in [0.717, 1.165) is 36.2 Å². The summed E-state index contributed by atoms with van der Waals surface area (Å²) in [6, 6.07) is 15.7. The lowest BCUT2D eigenvalue weighted by Gasteiger charge is -2.66. The van der Waals surface area contributed by atoms with Crippen LogP contribution in [0.2, 0.25) is 0 Å². The molecule has 4 aliphatic rings. The maximum Gasteiger partial charge on any atom is 0.246 e. The van der Waals surface area contributed by atoms with Crippen LogP contribution in [0.3, 0.4) is 0 Å². The van der Waals surface area contributed by atoms with E-state index < -0.39 is 17.1 Å². The minimum atomic E-state index is -1.04. The van der Waals surface area contributed by atoms with E-state index >= 15 is 0 Å². The van der Waals surface area contributed by atoms with Crippen molar-refractivity contribution >= 4 is 12.0 Å². The molecular weight excluding hydrogens is 504 g/mol. The minimum absolute atomic E-state index is 0.0195. The Bertz CT molecular complexity index is 1450. The summed E-state index contributed by atoms with van der Waals surface area (Å²) in [4.78, 5) is 17.7. The molecule has 2 fully saturated rings. The topological polar surface area (TPSA) is 86.4 Å². The molecule has 40 heavy (non-hydrogen) atoms. The smallest absolute Gasteiger partial charge is 0.246 e. The number of hydrogen-bond donors (Lipinski definition) is 2. The van der Waals surface area contributed by atoms with Gasteiger partial charge in [-0.1, -0.05) is 43.3 Å². The molecule has 1 spiro atoms. The molecule has 6 atom stereocenters. The Morgan fingerprint density at radius 1 is 1.20 bits per heavy atom. The monoisotopic (exact) mass is 540 g/mol. The van der Waals surface area contributed by atoms with Gasteiger partial charge in [0.2, 0.25) is 5.91 Å². The Balaban J connectivity index is 1.26. The lowest BCUT2D eigenvalue weighted by atomic mass is 9.46. The molecule has 2 bridgehead atoms. The minimum Gasteiger partial charge on any atom is -0.504 e. The molecule has 2 aliphatic carbocycles. The Labute approximate surface area is 234 Å². The van der Waals surface area contributed by atoms with Crippen LogP contribution in [0.5, 0.6) is 11.5 Å². The quantitative estimate of drug-likeness (QED) is 0.457. The predicted molar refractivity (Wildman–Crippen MR) is 151 cm³/mol. The number of rotatable bonds is 6. The van der Waals surface area contributed by atoms with Crippen LogP contribution < -0.4 is 4.74 Å². The number of carbonyl (C=O) groups excluding carboxylic acids is 1. The van der Waals surface area contributed by atoms with Gasteiger partial charge in [-0.2, -0.15) is 0 Å². The first-order chi connectivity index (χ1) is 19.3. The van der Waals surface area contributed by atoms with Gasteiger partial charge in [-0.05, 0) is 67.5 Å². The number of likely N-dealkylation sites (N-methyl/N-ethyl adjacent to an activating group) is 1. The molecular formula is C33H36N2O5. The lowest BCUT2D eigenvalue weighted by Crippen LogP contribution is -2.79. The summed E-state index contributed by atoms with van der Waals surface area (Å²) in [7, 11) is 1.83. The second-order valence-electron chi connectivity index (χ2n) is 12.1. The summed E-state index contributed by atoms with van der Waals surface area (Å²) in [5.74, 6) is 0.451. The summed E-state index contributed by atoms with van der Waals surface area (Å²) in [6.07, 6.45) is 8.94. The van der Waals surface area contributed by atoms with Crippen LogP contribution in [0, 0.1) is 5.92 Å². The molecule has 2 N–H and O–H groups in total. The highest BCUT2D eigenvalue weighted by molar-refractivity contribution is 5.92. The van der Waals surface area contributed by atoms with Crippen LogP contribution in [-0.2, 0) is 23.1 Å². The van der Waals surface area contributed by atoms with Gasteiger partial charge in [-0.25, -0.2) is 0 Å². The molecule has 1 amide bonds. The Kier molecular flexibility index (Phi) is 5.88. The van der Waals surface area contributed by atoms with Crippen molar-refractivity contribution in [3.63, 3.8) is 0 Å². The number of aromatic hydroxyl groups is 1. The second-order valence-corrected chi connectivity index (χ2v) is 12.1. The number of nitrogens with zero attached hydrogens (tertiary/aromatic N) is 2. The van der Waals surface area contributed by atoms with Crippen LogP contribution in [0.15, 0.2) is 71.6 Å². The molecule has 0 radical (unpaired) electrons. The third-order valence-electron chi connectivity index (χ3n) is 10.2. The van der Waals surface area contributed by atoms with Crippen molar-refractivity contribution in [2.45, 2.75) is 61.8 Å². The highest BCUT2D eigenvalue weighted by atomic mass is 16.5. The zero-order chi connectivity index (χ0) is 27.6. The predicted octanol–water partition coefficient (Wildman–Crippen LogP) is 4.17. The number of piperidine rings is 1. The van der Waals surface area contributed by atoms with Gasteiger partial charge in [-0.3, -0.25) is 9.69 Å². The molecule has 1 saturated carbocycles. The van der Waals surface area contributed by atoms with Crippen LogP contribution in [0.1, 0.15) is 42.0 Å². The number of furan rings is 1. The van der Waals surface area contributed by atoms with Crippen molar-refractivity contribution in [1.82, 2.24) is 9.80 Å². The number of likely N-dealkylation sites (tertiary alicyclic amines) is 1. The Hall–Kier alpha value is -3.55. The van der Waals surface area contributed by atoms with E-state index in [1.54, 1.807) is 41.7 Å². The van der Waals surface area contributed by atoms with Gasteiger partial charge in [0.05, 0.1) is 29.6 Å². The van der Waals surface area contributed by atoms with Gasteiger partial charge in [0.15, 0.2) is 11.5 Å². The first-order valence-corrected chi connectivity index (χ1v) is 14.3. The fourth-order valence-electron chi connectivity index (χ4n) is 8.45. The van der Waals surface area contributed by atoms with E-state index in [1.165, 1.54) is 5.56 Å². The fourth-order valence-corrected chi connectivity index (χ4v) is 8.45. The number of phenols is 1. The maximum atomic E-state index is 13.4.